The number of amides is 2. The predicted molar refractivity (Wildman–Crippen MR) is 87.6 cm³/mol. The fourth-order valence-corrected chi connectivity index (χ4v) is 3.15. The van der Waals surface area contributed by atoms with E-state index in [4.69, 9.17) is 0 Å². The summed E-state index contributed by atoms with van der Waals surface area (Å²) in [7, 11) is -1.08. The van der Waals surface area contributed by atoms with Crippen LogP contribution in [0.2, 0.25) is 0 Å². The number of anilines is 1. The van der Waals surface area contributed by atoms with E-state index < -0.39 is 10.8 Å². The number of aromatic nitrogens is 3. The van der Waals surface area contributed by atoms with E-state index in [1.807, 2.05) is 0 Å². The first-order valence-corrected chi connectivity index (χ1v) is 9.08. The standard InChI is InChI=1S/C15H19N5O2S/c1-23(22)12-6-4-5-11(9-12)17-15(21)16-10-14-19-18-13-7-2-3-8-20(13)14/h4-6,9H,2-3,7-8,10H2,1H3,(H2,16,17,21). The Kier molecular flexibility index (Phi) is 4.71. The number of rotatable bonds is 4. The molecular formula is C15H19N5O2S. The maximum Gasteiger partial charge on any atom is 0.319 e. The largest absolute Gasteiger partial charge is 0.331 e. The van der Waals surface area contributed by atoms with Crippen LogP contribution in [-0.2, 0) is 30.3 Å². The van der Waals surface area contributed by atoms with Crippen LogP contribution in [0.1, 0.15) is 24.5 Å². The Morgan fingerprint density at radius 2 is 2.22 bits per heavy atom. The predicted octanol–water partition coefficient (Wildman–Crippen LogP) is 1.67. The molecule has 1 unspecified atom stereocenters. The average molecular weight is 333 g/mol. The molecule has 0 fully saturated rings. The first kappa shape index (κ1) is 15.7. The van der Waals surface area contributed by atoms with Gasteiger partial charge in [0, 0.05) is 40.6 Å². The monoisotopic (exact) mass is 333 g/mol. The van der Waals surface area contributed by atoms with Gasteiger partial charge in [-0.15, -0.1) is 10.2 Å². The Labute approximate surface area is 136 Å². The summed E-state index contributed by atoms with van der Waals surface area (Å²) in [5, 5.41) is 13.8. The van der Waals surface area contributed by atoms with Crippen molar-refractivity contribution < 1.29 is 9.00 Å². The van der Waals surface area contributed by atoms with Crippen molar-refractivity contribution in [2.45, 2.75) is 37.2 Å². The highest BCUT2D eigenvalue weighted by atomic mass is 32.2. The van der Waals surface area contributed by atoms with Gasteiger partial charge in [0.15, 0.2) is 5.82 Å². The first-order chi connectivity index (χ1) is 11.1. The van der Waals surface area contributed by atoms with Crippen molar-refractivity contribution >= 4 is 22.5 Å². The van der Waals surface area contributed by atoms with Gasteiger partial charge in [0.2, 0.25) is 0 Å². The van der Waals surface area contributed by atoms with E-state index in [2.05, 4.69) is 25.4 Å². The molecule has 1 atom stereocenters. The third-order valence-corrected chi connectivity index (χ3v) is 4.68. The zero-order valence-electron chi connectivity index (χ0n) is 12.9. The van der Waals surface area contributed by atoms with Crippen molar-refractivity contribution in [3.63, 3.8) is 0 Å². The maximum absolute atomic E-state index is 12.0. The molecule has 23 heavy (non-hydrogen) atoms. The molecule has 0 saturated heterocycles. The summed E-state index contributed by atoms with van der Waals surface area (Å²) in [6, 6.07) is 6.67. The zero-order chi connectivity index (χ0) is 16.2. The quantitative estimate of drug-likeness (QED) is 0.891. The van der Waals surface area contributed by atoms with Gasteiger partial charge in [-0.3, -0.25) is 4.21 Å². The number of carbonyl (C=O) groups excluding carboxylic acids is 1. The van der Waals surface area contributed by atoms with Crippen LogP contribution >= 0.6 is 0 Å². The lowest BCUT2D eigenvalue weighted by atomic mass is 10.2. The Bertz CT molecular complexity index is 743. The van der Waals surface area contributed by atoms with Gasteiger partial charge in [0.25, 0.3) is 0 Å². The molecule has 122 valence electrons. The van der Waals surface area contributed by atoms with E-state index >= 15 is 0 Å². The summed E-state index contributed by atoms with van der Waals surface area (Å²) in [6.45, 7) is 1.24. The lowest BCUT2D eigenvalue weighted by Gasteiger charge is -2.15. The van der Waals surface area contributed by atoms with Crippen molar-refractivity contribution in [3.05, 3.63) is 35.9 Å². The van der Waals surface area contributed by atoms with Crippen LogP contribution in [0.4, 0.5) is 10.5 Å². The highest BCUT2D eigenvalue weighted by Gasteiger charge is 2.16. The van der Waals surface area contributed by atoms with Gasteiger partial charge in [0.05, 0.1) is 6.54 Å². The molecule has 2 aromatic rings. The fraction of sp³-hybridized carbons (Fsp3) is 0.400. The first-order valence-electron chi connectivity index (χ1n) is 7.53. The highest BCUT2D eigenvalue weighted by molar-refractivity contribution is 7.84. The van der Waals surface area contributed by atoms with Gasteiger partial charge >= 0.3 is 6.03 Å². The van der Waals surface area contributed by atoms with Crippen LogP contribution in [0.15, 0.2) is 29.2 Å². The summed E-state index contributed by atoms with van der Waals surface area (Å²) < 4.78 is 13.5. The normalized spacial score (nSPS) is 14.8. The van der Waals surface area contributed by atoms with Crippen LogP contribution < -0.4 is 10.6 Å². The van der Waals surface area contributed by atoms with Gasteiger partial charge in [0.1, 0.15) is 5.82 Å². The van der Waals surface area contributed by atoms with Gasteiger partial charge in [-0.05, 0) is 31.0 Å². The molecule has 0 saturated carbocycles. The Morgan fingerprint density at radius 1 is 1.35 bits per heavy atom. The van der Waals surface area contributed by atoms with Crippen LogP contribution in [-0.4, -0.2) is 31.3 Å². The molecule has 0 bridgehead atoms. The number of nitrogens with zero attached hydrogens (tertiary/aromatic N) is 3. The van der Waals surface area contributed by atoms with Crippen molar-refractivity contribution in [1.82, 2.24) is 20.1 Å². The third kappa shape index (κ3) is 3.76. The van der Waals surface area contributed by atoms with E-state index in [-0.39, 0.29) is 6.03 Å². The summed E-state index contributed by atoms with van der Waals surface area (Å²) in [4.78, 5) is 12.7. The number of urea groups is 1. The Hall–Kier alpha value is -2.22. The second-order valence-electron chi connectivity index (χ2n) is 5.43. The molecule has 2 amide bonds. The molecule has 3 rings (SSSR count). The van der Waals surface area contributed by atoms with Crippen LogP contribution in [0.5, 0.6) is 0 Å². The SMILES string of the molecule is CS(=O)c1cccc(NC(=O)NCc2nnc3n2CCCC3)c1. The summed E-state index contributed by atoms with van der Waals surface area (Å²) in [6.07, 6.45) is 4.81. The number of carbonyl (C=O) groups is 1. The Morgan fingerprint density at radius 3 is 3.04 bits per heavy atom. The van der Waals surface area contributed by atoms with Gasteiger partial charge in [-0.25, -0.2) is 4.79 Å². The van der Waals surface area contributed by atoms with E-state index in [0.717, 1.165) is 37.5 Å². The van der Waals surface area contributed by atoms with Crippen LogP contribution in [0.25, 0.3) is 0 Å². The number of aryl methyl sites for hydroxylation is 1. The molecule has 2 N–H and O–H groups in total. The highest BCUT2D eigenvalue weighted by Crippen LogP contribution is 2.15. The lowest BCUT2D eigenvalue weighted by molar-refractivity contribution is 0.251. The molecule has 1 aliphatic heterocycles. The summed E-state index contributed by atoms with van der Waals surface area (Å²) in [5.41, 5.74) is 0.610. The van der Waals surface area contributed by atoms with Crippen molar-refractivity contribution in [1.29, 1.82) is 0 Å². The number of hydrogen-bond acceptors (Lipinski definition) is 4. The maximum atomic E-state index is 12.0. The number of benzene rings is 1. The molecule has 2 heterocycles. The molecule has 1 aliphatic rings. The minimum Gasteiger partial charge on any atom is -0.331 e. The second-order valence-corrected chi connectivity index (χ2v) is 6.81. The van der Waals surface area contributed by atoms with Crippen molar-refractivity contribution in [3.8, 4) is 0 Å². The van der Waals surface area contributed by atoms with E-state index in [1.165, 1.54) is 0 Å². The van der Waals surface area contributed by atoms with Gasteiger partial charge in [-0.2, -0.15) is 0 Å². The molecule has 8 heteroatoms. The smallest absolute Gasteiger partial charge is 0.319 e. The van der Waals surface area contributed by atoms with Crippen molar-refractivity contribution in [2.24, 2.45) is 0 Å². The number of nitrogens with one attached hydrogen (secondary N) is 2. The lowest BCUT2D eigenvalue weighted by Crippen LogP contribution is -2.30. The number of hydrogen-bond donors (Lipinski definition) is 2. The van der Waals surface area contributed by atoms with Gasteiger partial charge in [-0.1, -0.05) is 6.07 Å². The summed E-state index contributed by atoms with van der Waals surface area (Å²) in [5.74, 6) is 1.77. The minimum absolute atomic E-state index is 0.322. The Balaban J connectivity index is 1.59. The van der Waals surface area contributed by atoms with Gasteiger partial charge < -0.3 is 15.2 Å². The van der Waals surface area contributed by atoms with Crippen LogP contribution in [0, 0.1) is 0 Å². The van der Waals surface area contributed by atoms with E-state index in [9.17, 15) is 9.00 Å². The summed E-state index contributed by atoms with van der Waals surface area (Å²) >= 11 is 0. The number of fused-ring (bicyclic) bond motifs is 1. The van der Waals surface area contributed by atoms with E-state index in [1.54, 1.807) is 30.5 Å². The molecular weight excluding hydrogens is 314 g/mol. The average Bonchev–Trinajstić information content (AvgIpc) is 2.96. The second kappa shape index (κ2) is 6.91. The third-order valence-electron chi connectivity index (χ3n) is 3.77. The van der Waals surface area contributed by atoms with Crippen LogP contribution in [0.3, 0.4) is 0 Å². The topological polar surface area (TPSA) is 88.9 Å². The molecule has 0 radical (unpaired) electrons. The molecule has 0 spiro atoms. The molecule has 1 aromatic heterocycles. The van der Waals surface area contributed by atoms with Crippen molar-refractivity contribution in [2.75, 3.05) is 11.6 Å². The molecule has 0 aliphatic carbocycles. The fourth-order valence-electron chi connectivity index (χ4n) is 2.59. The minimum atomic E-state index is -1.08. The molecule has 7 nitrogen and oxygen atoms in total. The van der Waals surface area contributed by atoms with E-state index in [0.29, 0.717) is 17.1 Å². The molecule has 1 aromatic carbocycles. The zero-order valence-corrected chi connectivity index (χ0v) is 13.7.